The van der Waals surface area contributed by atoms with Crippen molar-refractivity contribution in [2.75, 3.05) is 6.26 Å². The van der Waals surface area contributed by atoms with Crippen LogP contribution in [0, 0.1) is 6.92 Å². The molecule has 6 heteroatoms. The highest BCUT2D eigenvalue weighted by Crippen LogP contribution is 2.26. The molecule has 0 aromatic carbocycles. The fourth-order valence-electron chi connectivity index (χ4n) is 0.789. The van der Waals surface area contributed by atoms with Crippen molar-refractivity contribution in [2.45, 2.75) is 18.5 Å². The maximum Gasteiger partial charge on any atom is 0.280 e. The second-order valence-electron chi connectivity index (χ2n) is 2.31. The summed E-state index contributed by atoms with van der Waals surface area (Å²) in [5.74, 6) is 0. The van der Waals surface area contributed by atoms with Gasteiger partial charge in [-0.15, -0.1) is 0 Å². The van der Waals surface area contributed by atoms with E-state index in [2.05, 4.69) is 9.97 Å². The molecule has 0 aliphatic carbocycles. The van der Waals surface area contributed by atoms with Gasteiger partial charge in [0.15, 0.2) is 5.16 Å². The van der Waals surface area contributed by atoms with Crippen LogP contribution in [0.25, 0.3) is 0 Å². The van der Waals surface area contributed by atoms with Crippen molar-refractivity contribution in [3.8, 4) is 0 Å². The molecular weight excluding hydrogens is 218 g/mol. The van der Waals surface area contributed by atoms with Crippen LogP contribution in [0.3, 0.4) is 0 Å². The van der Waals surface area contributed by atoms with Gasteiger partial charge < -0.3 is 0 Å². The first-order valence-electron chi connectivity index (χ1n) is 3.42. The van der Waals surface area contributed by atoms with Crippen LogP contribution >= 0.6 is 23.4 Å². The molecule has 0 bridgehead atoms. The Kier molecular flexibility index (Phi) is 3.44. The Morgan fingerprint density at radius 1 is 1.38 bits per heavy atom. The molecule has 0 N–H and O–H groups in total. The number of aromatic nitrogens is 2. The lowest BCUT2D eigenvalue weighted by molar-refractivity contribution is 0.144. The standard InChI is InChI=1S/C7H7ClF2N2S/c1-3-4(6(9)10)11-7(13-2)12-5(3)8/h6H,1-2H3. The van der Waals surface area contributed by atoms with Crippen LogP contribution in [0.1, 0.15) is 17.7 Å². The molecule has 0 saturated carbocycles. The fourth-order valence-corrected chi connectivity index (χ4v) is 1.39. The van der Waals surface area contributed by atoms with E-state index in [0.29, 0.717) is 0 Å². The molecule has 1 aromatic heterocycles. The number of thioether (sulfide) groups is 1. The molecule has 0 aliphatic rings. The summed E-state index contributed by atoms with van der Waals surface area (Å²) >= 11 is 6.83. The minimum absolute atomic E-state index is 0.0923. The van der Waals surface area contributed by atoms with E-state index in [1.54, 1.807) is 6.26 Å². The zero-order chi connectivity index (χ0) is 10.0. The number of nitrogens with zero attached hydrogens (tertiary/aromatic N) is 2. The van der Waals surface area contributed by atoms with Gasteiger partial charge in [-0.3, -0.25) is 0 Å². The number of rotatable bonds is 2. The van der Waals surface area contributed by atoms with Crippen molar-refractivity contribution in [3.63, 3.8) is 0 Å². The first kappa shape index (κ1) is 10.7. The van der Waals surface area contributed by atoms with Gasteiger partial charge in [-0.25, -0.2) is 18.7 Å². The average molecular weight is 225 g/mol. The summed E-state index contributed by atoms with van der Waals surface area (Å²) in [7, 11) is 0. The van der Waals surface area contributed by atoms with E-state index >= 15 is 0 Å². The Bertz CT molecular complexity index is 320. The van der Waals surface area contributed by atoms with Crippen molar-refractivity contribution in [1.82, 2.24) is 9.97 Å². The van der Waals surface area contributed by atoms with Crippen LogP contribution in [0.5, 0.6) is 0 Å². The van der Waals surface area contributed by atoms with E-state index in [9.17, 15) is 8.78 Å². The van der Waals surface area contributed by atoms with Crippen molar-refractivity contribution in [3.05, 3.63) is 16.4 Å². The molecule has 2 nitrogen and oxygen atoms in total. The van der Waals surface area contributed by atoms with Crippen LogP contribution in [0.2, 0.25) is 5.15 Å². The van der Waals surface area contributed by atoms with E-state index < -0.39 is 6.43 Å². The Labute approximate surface area is 83.7 Å². The van der Waals surface area contributed by atoms with E-state index in [1.165, 1.54) is 18.7 Å². The van der Waals surface area contributed by atoms with Crippen molar-refractivity contribution in [1.29, 1.82) is 0 Å². The Morgan fingerprint density at radius 3 is 2.46 bits per heavy atom. The molecule has 0 aliphatic heterocycles. The van der Waals surface area contributed by atoms with Gasteiger partial charge in [0.1, 0.15) is 10.8 Å². The molecule has 0 unspecified atom stereocenters. The fraction of sp³-hybridized carbons (Fsp3) is 0.429. The van der Waals surface area contributed by atoms with Gasteiger partial charge in [-0.05, 0) is 13.2 Å². The third-order valence-corrected chi connectivity index (χ3v) is 2.41. The number of hydrogen-bond donors (Lipinski definition) is 0. The van der Waals surface area contributed by atoms with Crippen molar-refractivity contribution in [2.24, 2.45) is 0 Å². The highest BCUT2D eigenvalue weighted by Gasteiger charge is 2.16. The predicted molar refractivity (Wildman–Crippen MR) is 48.5 cm³/mol. The maximum absolute atomic E-state index is 12.4. The summed E-state index contributed by atoms with van der Waals surface area (Å²) in [5, 5.41) is 0.362. The molecule has 0 radical (unpaired) electrons. The smallest absolute Gasteiger partial charge is 0.221 e. The minimum Gasteiger partial charge on any atom is -0.221 e. The molecule has 13 heavy (non-hydrogen) atoms. The SMILES string of the molecule is CSc1nc(Cl)c(C)c(C(F)F)n1. The molecule has 0 atom stereocenters. The minimum atomic E-state index is -2.61. The average Bonchev–Trinajstić information content (AvgIpc) is 2.09. The quantitative estimate of drug-likeness (QED) is 0.439. The van der Waals surface area contributed by atoms with E-state index in [-0.39, 0.29) is 21.6 Å². The Balaban J connectivity index is 3.25. The lowest BCUT2D eigenvalue weighted by Gasteiger charge is -2.06. The summed E-state index contributed by atoms with van der Waals surface area (Å²) < 4.78 is 24.7. The van der Waals surface area contributed by atoms with Crippen molar-refractivity contribution >= 4 is 23.4 Å². The third kappa shape index (κ3) is 2.28. The maximum atomic E-state index is 12.4. The van der Waals surface area contributed by atoms with Gasteiger partial charge >= 0.3 is 0 Å². The second kappa shape index (κ2) is 4.19. The van der Waals surface area contributed by atoms with E-state index in [0.717, 1.165) is 0 Å². The van der Waals surface area contributed by atoms with Crippen LogP contribution < -0.4 is 0 Å². The lowest BCUT2D eigenvalue weighted by atomic mass is 10.3. The summed E-state index contributed by atoms with van der Waals surface area (Å²) in [4.78, 5) is 7.49. The van der Waals surface area contributed by atoms with Gasteiger partial charge in [0.2, 0.25) is 0 Å². The number of alkyl halides is 2. The molecule has 1 rings (SSSR count). The van der Waals surface area contributed by atoms with Crippen LogP contribution in [-0.2, 0) is 0 Å². The van der Waals surface area contributed by atoms with Crippen LogP contribution in [0.4, 0.5) is 8.78 Å². The zero-order valence-electron chi connectivity index (χ0n) is 7.01. The predicted octanol–water partition coefficient (Wildman–Crippen LogP) is 3.10. The van der Waals surface area contributed by atoms with Gasteiger partial charge in [0.25, 0.3) is 6.43 Å². The molecule has 0 amide bonds. The largest absolute Gasteiger partial charge is 0.280 e. The third-order valence-electron chi connectivity index (χ3n) is 1.49. The summed E-state index contributed by atoms with van der Waals surface area (Å²) in [5.41, 5.74) is -0.0428. The lowest BCUT2D eigenvalue weighted by Crippen LogP contribution is -1.99. The van der Waals surface area contributed by atoms with Gasteiger partial charge in [0, 0.05) is 5.56 Å². The van der Waals surface area contributed by atoms with Gasteiger partial charge in [-0.2, -0.15) is 0 Å². The monoisotopic (exact) mass is 224 g/mol. The summed E-state index contributed by atoms with van der Waals surface area (Å²) in [6, 6.07) is 0. The highest BCUT2D eigenvalue weighted by atomic mass is 35.5. The van der Waals surface area contributed by atoms with Crippen molar-refractivity contribution < 1.29 is 8.78 Å². The summed E-state index contributed by atoms with van der Waals surface area (Å²) in [6.07, 6.45) is -0.901. The zero-order valence-corrected chi connectivity index (χ0v) is 8.59. The number of hydrogen-bond acceptors (Lipinski definition) is 3. The molecule has 1 heterocycles. The van der Waals surface area contributed by atoms with E-state index in [4.69, 9.17) is 11.6 Å². The first-order valence-corrected chi connectivity index (χ1v) is 5.02. The number of halogens is 3. The molecule has 0 saturated heterocycles. The van der Waals surface area contributed by atoms with Crippen LogP contribution in [0.15, 0.2) is 5.16 Å². The molecule has 0 fully saturated rings. The van der Waals surface area contributed by atoms with Gasteiger partial charge in [0.05, 0.1) is 0 Å². The topological polar surface area (TPSA) is 25.8 Å². The van der Waals surface area contributed by atoms with E-state index in [1.807, 2.05) is 0 Å². The van der Waals surface area contributed by atoms with Crippen LogP contribution in [-0.4, -0.2) is 16.2 Å². The Hall–Kier alpha value is -0.420. The molecule has 0 spiro atoms. The molecular formula is C7H7ClF2N2S. The second-order valence-corrected chi connectivity index (χ2v) is 3.44. The first-order chi connectivity index (χ1) is 6.06. The highest BCUT2D eigenvalue weighted by molar-refractivity contribution is 7.98. The normalized spacial score (nSPS) is 10.9. The van der Waals surface area contributed by atoms with Gasteiger partial charge in [-0.1, -0.05) is 23.4 Å². The molecule has 1 aromatic rings. The molecule has 72 valence electrons. The summed E-state index contributed by atoms with van der Waals surface area (Å²) in [6.45, 7) is 1.48. The Morgan fingerprint density at radius 2 is 2.00 bits per heavy atom.